The summed E-state index contributed by atoms with van der Waals surface area (Å²) in [4.78, 5) is 0. The van der Waals surface area contributed by atoms with Crippen molar-refractivity contribution in [2.24, 2.45) is 11.3 Å². The molecule has 2 nitrogen and oxygen atoms in total. The van der Waals surface area contributed by atoms with Gasteiger partial charge < -0.3 is 9.47 Å². The molecule has 0 heterocycles. The zero-order chi connectivity index (χ0) is 12.0. The highest BCUT2D eigenvalue weighted by molar-refractivity contribution is 5.46. The molecule has 2 aliphatic carbocycles. The fourth-order valence-electron chi connectivity index (χ4n) is 3.76. The van der Waals surface area contributed by atoms with Gasteiger partial charge in [-0.2, -0.15) is 0 Å². The lowest BCUT2D eigenvalue weighted by molar-refractivity contribution is -0.0421. The topological polar surface area (TPSA) is 18.5 Å². The van der Waals surface area contributed by atoms with Crippen molar-refractivity contribution in [2.45, 2.75) is 45.6 Å². The first-order chi connectivity index (χ1) is 7.47. The van der Waals surface area contributed by atoms with Crippen molar-refractivity contribution in [2.75, 3.05) is 20.8 Å². The molecule has 1 fully saturated rings. The molecule has 2 heteroatoms. The van der Waals surface area contributed by atoms with Crippen molar-refractivity contribution in [1.82, 2.24) is 0 Å². The Hall–Kier alpha value is -0.340. The molecule has 0 aromatic rings. The van der Waals surface area contributed by atoms with E-state index < -0.39 is 0 Å². The van der Waals surface area contributed by atoms with Crippen LogP contribution in [0.2, 0.25) is 0 Å². The van der Waals surface area contributed by atoms with Gasteiger partial charge in [-0.1, -0.05) is 26.3 Å². The highest BCUT2D eigenvalue weighted by atomic mass is 16.5. The minimum Gasteiger partial charge on any atom is -0.380 e. The molecule has 0 aromatic heterocycles. The van der Waals surface area contributed by atoms with Crippen molar-refractivity contribution in [1.29, 1.82) is 0 Å². The van der Waals surface area contributed by atoms with Crippen LogP contribution in [0.25, 0.3) is 0 Å². The number of hydrogen-bond donors (Lipinski definition) is 0. The van der Waals surface area contributed by atoms with Gasteiger partial charge in [0.1, 0.15) is 0 Å². The number of ether oxygens (including phenoxy) is 2. The highest BCUT2D eigenvalue weighted by Gasteiger charge is 2.58. The second kappa shape index (κ2) is 3.85. The quantitative estimate of drug-likeness (QED) is 0.685. The van der Waals surface area contributed by atoms with Gasteiger partial charge in [0.2, 0.25) is 0 Å². The Bertz CT molecular complexity index is 311. The predicted molar refractivity (Wildman–Crippen MR) is 65.4 cm³/mol. The van der Waals surface area contributed by atoms with E-state index in [4.69, 9.17) is 9.47 Å². The van der Waals surface area contributed by atoms with E-state index in [0.717, 1.165) is 6.61 Å². The van der Waals surface area contributed by atoms with Crippen molar-refractivity contribution >= 4 is 0 Å². The minimum absolute atomic E-state index is 0.0264. The van der Waals surface area contributed by atoms with Crippen LogP contribution in [0.5, 0.6) is 0 Å². The zero-order valence-electron chi connectivity index (χ0n) is 11.2. The van der Waals surface area contributed by atoms with Gasteiger partial charge >= 0.3 is 0 Å². The third-order valence-electron chi connectivity index (χ3n) is 4.25. The largest absolute Gasteiger partial charge is 0.380 e. The van der Waals surface area contributed by atoms with E-state index in [0.29, 0.717) is 5.92 Å². The average molecular weight is 224 g/mol. The van der Waals surface area contributed by atoms with Crippen molar-refractivity contribution in [3.05, 3.63) is 11.1 Å². The van der Waals surface area contributed by atoms with Crippen molar-refractivity contribution in [3.63, 3.8) is 0 Å². The highest BCUT2D eigenvalue weighted by Crippen LogP contribution is 2.60. The van der Waals surface area contributed by atoms with Gasteiger partial charge in [-0.05, 0) is 30.3 Å². The SMILES string of the molecule is COCC1=C(C(C)(C)C)C2CCCC12OC. The van der Waals surface area contributed by atoms with Crippen LogP contribution in [0.15, 0.2) is 11.1 Å². The van der Waals surface area contributed by atoms with Gasteiger partial charge in [-0.3, -0.25) is 0 Å². The lowest BCUT2D eigenvalue weighted by Crippen LogP contribution is -2.52. The fraction of sp³-hybridized carbons (Fsp3) is 0.857. The zero-order valence-corrected chi connectivity index (χ0v) is 11.2. The predicted octanol–water partition coefficient (Wildman–Crippen LogP) is 3.17. The molecule has 2 atom stereocenters. The molecule has 0 saturated heterocycles. The molecule has 0 amide bonds. The lowest BCUT2D eigenvalue weighted by Gasteiger charge is -2.52. The molecule has 1 saturated carbocycles. The molecule has 2 unspecified atom stereocenters. The monoisotopic (exact) mass is 224 g/mol. The molecule has 0 radical (unpaired) electrons. The molecular formula is C14H24O2. The van der Waals surface area contributed by atoms with Crippen LogP contribution in [0.3, 0.4) is 0 Å². The molecule has 2 rings (SSSR count). The summed E-state index contributed by atoms with van der Waals surface area (Å²) in [6.07, 6.45) is 3.74. The summed E-state index contributed by atoms with van der Waals surface area (Å²) in [5.41, 5.74) is 3.30. The van der Waals surface area contributed by atoms with Crippen LogP contribution in [-0.4, -0.2) is 26.4 Å². The van der Waals surface area contributed by atoms with Crippen LogP contribution in [0.4, 0.5) is 0 Å². The van der Waals surface area contributed by atoms with E-state index in [2.05, 4.69) is 20.8 Å². The molecule has 0 aromatic carbocycles. The molecule has 0 N–H and O–H groups in total. The summed E-state index contributed by atoms with van der Waals surface area (Å²) >= 11 is 0. The Morgan fingerprint density at radius 3 is 2.50 bits per heavy atom. The van der Waals surface area contributed by atoms with Gasteiger partial charge in [-0.15, -0.1) is 0 Å². The van der Waals surface area contributed by atoms with E-state index in [9.17, 15) is 0 Å². The van der Waals surface area contributed by atoms with Crippen molar-refractivity contribution in [3.8, 4) is 0 Å². The minimum atomic E-state index is 0.0264. The van der Waals surface area contributed by atoms with Crippen LogP contribution in [-0.2, 0) is 9.47 Å². The second-order valence-corrected chi connectivity index (χ2v) is 6.11. The second-order valence-electron chi connectivity index (χ2n) is 6.11. The molecular weight excluding hydrogens is 200 g/mol. The summed E-state index contributed by atoms with van der Waals surface area (Å²) in [6, 6.07) is 0. The first kappa shape index (κ1) is 12.1. The van der Waals surface area contributed by atoms with Crippen LogP contribution >= 0.6 is 0 Å². The maximum absolute atomic E-state index is 5.85. The molecule has 16 heavy (non-hydrogen) atoms. The van der Waals surface area contributed by atoms with E-state index in [1.165, 1.54) is 24.8 Å². The van der Waals surface area contributed by atoms with Gasteiger partial charge in [0.05, 0.1) is 12.2 Å². The molecule has 0 bridgehead atoms. The lowest BCUT2D eigenvalue weighted by atomic mass is 9.58. The molecule has 92 valence electrons. The molecule has 0 aliphatic heterocycles. The van der Waals surface area contributed by atoms with Gasteiger partial charge in [0.15, 0.2) is 0 Å². The van der Waals surface area contributed by atoms with E-state index in [1.54, 1.807) is 12.7 Å². The third kappa shape index (κ3) is 1.46. The maximum atomic E-state index is 5.85. The van der Waals surface area contributed by atoms with Crippen LogP contribution in [0.1, 0.15) is 40.0 Å². The number of fused-ring (bicyclic) bond motifs is 1. The van der Waals surface area contributed by atoms with E-state index >= 15 is 0 Å². The Balaban J connectivity index is 2.39. The Kier molecular flexibility index (Phi) is 2.92. The summed E-state index contributed by atoms with van der Waals surface area (Å²) in [5, 5.41) is 0. The standard InChI is InChI=1S/C14H24O2/c1-13(2,3)12-10-7-6-8-14(10,16-5)11(12)9-15-4/h10H,6-9H2,1-5H3. The molecule has 2 aliphatic rings. The normalized spacial score (nSPS) is 33.9. The van der Waals surface area contributed by atoms with Crippen LogP contribution in [0, 0.1) is 11.3 Å². The summed E-state index contributed by atoms with van der Waals surface area (Å²) < 4.78 is 11.2. The summed E-state index contributed by atoms with van der Waals surface area (Å²) in [7, 11) is 3.63. The van der Waals surface area contributed by atoms with Gasteiger partial charge in [-0.25, -0.2) is 0 Å². The summed E-state index contributed by atoms with van der Waals surface area (Å²) in [5.74, 6) is 0.641. The van der Waals surface area contributed by atoms with E-state index in [1.807, 2.05) is 7.11 Å². The smallest absolute Gasteiger partial charge is 0.0978 e. The van der Waals surface area contributed by atoms with Gasteiger partial charge in [0.25, 0.3) is 0 Å². The Labute approximate surface area is 99.0 Å². The number of rotatable bonds is 3. The van der Waals surface area contributed by atoms with Crippen LogP contribution < -0.4 is 0 Å². The van der Waals surface area contributed by atoms with Gasteiger partial charge in [0, 0.05) is 20.1 Å². The first-order valence-electron chi connectivity index (χ1n) is 6.25. The maximum Gasteiger partial charge on any atom is 0.0978 e. The molecule has 0 spiro atoms. The van der Waals surface area contributed by atoms with Crippen molar-refractivity contribution < 1.29 is 9.47 Å². The first-order valence-corrected chi connectivity index (χ1v) is 6.25. The average Bonchev–Trinajstić information content (AvgIpc) is 2.52. The van der Waals surface area contributed by atoms with E-state index in [-0.39, 0.29) is 11.0 Å². The summed E-state index contributed by atoms with van der Waals surface area (Å²) in [6.45, 7) is 7.64. The number of methoxy groups -OCH3 is 2. The Morgan fingerprint density at radius 2 is 2.00 bits per heavy atom. The fourth-order valence-corrected chi connectivity index (χ4v) is 3.76. The Morgan fingerprint density at radius 1 is 1.31 bits per heavy atom. The number of hydrogen-bond acceptors (Lipinski definition) is 2. The third-order valence-corrected chi connectivity index (χ3v) is 4.25.